The van der Waals surface area contributed by atoms with Crippen LogP contribution in [0.2, 0.25) is 0 Å². The first-order chi connectivity index (χ1) is 12.6. The highest BCUT2D eigenvalue weighted by atomic mass is 32.2. The average Bonchev–Trinajstić information content (AvgIpc) is 2.67. The van der Waals surface area contributed by atoms with E-state index in [2.05, 4.69) is 5.32 Å². The molecule has 0 spiro atoms. The lowest BCUT2D eigenvalue weighted by atomic mass is 10.2. The summed E-state index contributed by atoms with van der Waals surface area (Å²) in [5, 5.41) is 2.74. The first-order valence-electron chi connectivity index (χ1n) is 8.45. The molecule has 0 heterocycles. The van der Waals surface area contributed by atoms with Crippen LogP contribution in [0, 0.1) is 0 Å². The minimum Gasteiger partial charge on any atom is -0.494 e. The molecule has 5 nitrogen and oxygen atoms in total. The van der Waals surface area contributed by atoms with Gasteiger partial charge >= 0.3 is 0 Å². The third-order valence-electron chi connectivity index (χ3n) is 3.74. The molecular weight excluding hydrogens is 350 g/mol. The number of hydrogen-bond donors (Lipinski definition) is 1. The summed E-state index contributed by atoms with van der Waals surface area (Å²) in [5.41, 5.74) is 1.03. The maximum Gasteiger partial charge on any atom is 0.233 e. The molecule has 1 amide bonds. The molecule has 1 N–H and O–H groups in total. The molecule has 26 heavy (non-hydrogen) atoms. The van der Waals surface area contributed by atoms with Crippen LogP contribution in [0.15, 0.2) is 47.4 Å². The average molecular weight is 375 g/mol. The molecule has 0 aromatic heterocycles. The summed E-state index contributed by atoms with van der Waals surface area (Å²) in [5.74, 6) is 2.14. The second kappa shape index (κ2) is 9.97. The Labute approximate surface area is 159 Å². The number of benzene rings is 2. The number of nitrogens with one attached hydrogen (secondary N) is 1. The highest BCUT2D eigenvalue weighted by Gasteiger charge is 2.15. The number of rotatable bonds is 9. The van der Waals surface area contributed by atoms with Crippen molar-refractivity contribution in [1.29, 1.82) is 0 Å². The molecule has 0 unspecified atom stereocenters. The summed E-state index contributed by atoms with van der Waals surface area (Å²) in [6.45, 7) is 4.96. The van der Waals surface area contributed by atoms with Gasteiger partial charge in [0.15, 0.2) is 11.5 Å². The van der Waals surface area contributed by atoms with Gasteiger partial charge in [0.05, 0.1) is 26.1 Å². The summed E-state index contributed by atoms with van der Waals surface area (Å²) in [4.78, 5) is 13.3. The van der Waals surface area contributed by atoms with Gasteiger partial charge in [0.25, 0.3) is 0 Å². The molecule has 2 aromatic rings. The van der Waals surface area contributed by atoms with E-state index in [0.717, 1.165) is 16.2 Å². The number of ether oxygens (including phenoxy) is 3. The number of carbonyl (C=O) groups excluding carboxylic acids is 1. The minimum absolute atomic E-state index is 0.0151. The second-order valence-corrected chi connectivity index (χ2v) is 6.99. The number of methoxy groups -OCH3 is 2. The van der Waals surface area contributed by atoms with Gasteiger partial charge in [-0.3, -0.25) is 4.79 Å². The lowest BCUT2D eigenvalue weighted by Gasteiger charge is -2.14. The van der Waals surface area contributed by atoms with E-state index < -0.39 is 0 Å². The SMILES string of the molecule is CCOc1ccc(CNC(=O)[C@@H](C)Sc2ccc(OC)c(OC)c2)cc1. The molecule has 6 heteroatoms. The quantitative estimate of drug-likeness (QED) is 0.674. The van der Waals surface area contributed by atoms with Crippen molar-refractivity contribution < 1.29 is 19.0 Å². The van der Waals surface area contributed by atoms with Gasteiger partial charge in [-0.1, -0.05) is 12.1 Å². The number of thioether (sulfide) groups is 1. The highest BCUT2D eigenvalue weighted by Crippen LogP contribution is 2.33. The zero-order chi connectivity index (χ0) is 18.9. The molecule has 0 aliphatic rings. The molecule has 0 fully saturated rings. The lowest BCUT2D eigenvalue weighted by Crippen LogP contribution is -2.30. The van der Waals surface area contributed by atoms with Crippen molar-refractivity contribution in [2.24, 2.45) is 0 Å². The van der Waals surface area contributed by atoms with Crippen LogP contribution in [0.1, 0.15) is 19.4 Å². The van der Waals surface area contributed by atoms with Crippen molar-refractivity contribution in [2.45, 2.75) is 30.5 Å². The molecule has 2 rings (SSSR count). The number of hydrogen-bond acceptors (Lipinski definition) is 5. The predicted octanol–water partition coefficient (Wildman–Crippen LogP) is 3.90. The van der Waals surface area contributed by atoms with Crippen molar-refractivity contribution in [2.75, 3.05) is 20.8 Å². The molecule has 140 valence electrons. The fourth-order valence-corrected chi connectivity index (χ4v) is 3.27. The van der Waals surface area contributed by atoms with E-state index in [4.69, 9.17) is 14.2 Å². The Morgan fingerprint density at radius 3 is 2.38 bits per heavy atom. The van der Waals surface area contributed by atoms with Gasteiger partial charge in [-0.05, 0) is 49.7 Å². The smallest absolute Gasteiger partial charge is 0.233 e. The number of carbonyl (C=O) groups is 1. The Morgan fingerprint density at radius 1 is 1.08 bits per heavy atom. The second-order valence-electron chi connectivity index (χ2n) is 5.57. The maximum absolute atomic E-state index is 12.4. The summed E-state index contributed by atoms with van der Waals surface area (Å²) in [7, 11) is 3.20. The topological polar surface area (TPSA) is 56.8 Å². The van der Waals surface area contributed by atoms with Crippen LogP contribution in [0.5, 0.6) is 17.2 Å². The first-order valence-corrected chi connectivity index (χ1v) is 9.33. The minimum atomic E-state index is -0.226. The third kappa shape index (κ3) is 5.59. The van der Waals surface area contributed by atoms with Crippen molar-refractivity contribution in [3.63, 3.8) is 0 Å². The van der Waals surface area contributed by atoms with Crippen molar-refractivity contribution in [3.8, 4) is 17.2 Å². The monoisotopic (exact) mass is 375 g/mol. The Bertz CT molecular complexity index is 718. The molecular formula is C20H25NO4S. The van der Waals surface area contributed by atoms with Crippen LogP contribution in [0.25, 0.3) is 0 Å². The molecule has 2 aromatic carbocycles. The highest BCUT2D eigenvalue weighted by molar-refractivity contribution is 8.00. The van der Waals surface area contributed by atoms with Crippen LogP contribution in [0.3, 0.4) is 0 Å². The molecule has 0 saturated heterocycles. The van der Waals surface area contributed by atoms with Gasteiger partial charge in [-0.15, -0.1) is 11.8 Å². The van der Waals surface area contributed by atoms with E-state index in [9.17, 15) is 4.79 Å². The largest absolute Gasteiger partial charge is 0.494 e. The van der Waals surface area contributed by atoms with Gasteiger partial charge in [0, 0.05) is 11.4 Å². The molecule has 0 saturated carbocycles. The van der Waals surface area contributed by atoms with Crippen LogP contribution in [-0.2, 0) is 11.3 Å². The predicted molar refractivity (Wildman–Crippen MR) is 104 cm³/mol. The van der Waals surface area contributed by atoms with Crippen molar-refractivity contribution in [3.05, 3.63) is 48.0 Å². The zero-order valence-corrected chi connectivity index (χ0v) is 16.4. The van der Waals surface area contributed by atoms with Crippen LogP contribution >= 0.6 is 11.8 Å². The molecule has 0 radical (unpaired) electrons. The summed E-state index contributed by atoms with van der Waals surface area (Å²) in [6, 6.07) is 13.4. The van der Waals surface area contributed by atoms with Gasteiger partial charge in [0.2, 0.25) is 5.91 Å². The Hall–Kier alpha value is -2.34. The van der Waals surface area contributed by atoms with Gasteiger partial charge in [-0.2, -0.15) is 0 Å². The standard InChI is InChI=1S/C20H25NO4S/c1-5-25-16-8-6-15(7-9-16)13-21-20(22)14(2)26-17-10-11-18(23-3)19(12-17)24-4/h6-12,14H,5,13H2,1-4H3,(H,21,22)/t14-/m1/s1. The Kier molecular flexibility index (Phi) is 7.66. The van der Waals surface area contributed by atoms with E-state index >= 15 is 0 Å². The van der Waals surface area contributed by atoms with E-state index in [-0.39, 0.29) is 11.2 Å². The van der Waals surface area contributed by atoms with Crippen LogP contribution in [0.4, 0.5) is 0 Å². The summed E-state index contributed by atoms with van der Waals surface area (Å²) >= 11 is 1.48. The Balaban J connectivity index is 1.89. The van der Waals surface area contributed by atoms with E-state index in [1.54, 1.807) is 14.2 Å². The van der Waals surface area contributed by atoms with Gasteiger partial charge in [0.1, 0.15) is 5.75 Å². The maximum atomic E-state index is 12.4. The summed E-state index contributed by atoms with van der Waals surface area (Å²) < 4.78 is 16.0. The fourth-order valence-electron chi connectivity index (χ4n) is 2.35. The van der Waals surface area contributed by atoms with E-state index in [0.29, 0.717) is 24.7 Å². The van der Waals surface area contributed by atoms with E-state index in [1.807, 2.05) is 56.3 Å². The van der Waals surface area contributed by atoms with Crippen LogP contribution < -0.4 is 19.5 Å². The summed E-state index contributed by atoms with van der Waals surface area (Å²) in [6.07, 6.45) is 0. The van der Waals surface area contributed by atoms with Crippen molar-refractivity contribution in [1.82, 2.24) is 5.32 Å². The fraction of sp³-hybridized carbons (Fsp3) is 0.350. The zero-order valence-electron chi connectivity index (χ0n) is 15.6. The Morgan fingerprint density at radius 2 is 1.77 bits per heavy atom. The number of amides is 1. The molecule has 1 atom stereocenters. The van der Waals surface area contributed by atoms with Crippen molar-refractivity contribution >= 4 is 17.7 Å². The normalized spacial score (nSPS) is 11.5. The first kappa shape index (κ1) is 20.0. The van der Waals surface area contributed by atoms with E-state index in [1.165, 1.54) is 11.8 Å². The lowest BCUT2D eigenvalue weighted by molar-refractivity contribution is -0.120. The molecule has 0 aliphatic heterocycles. The molecule has 0 bridgehead atoms. The molecule has 0 aliphatic carbocycles. The van der Waals surface area contributed by atoms with Gasteiger partial charge < -0.3 is 19.5 Å². The van der Waals surface area contributed by atoms with Gasteiger partial charge in [-0.25, -0.2) is 0 Å². The third-order valence-corrected chi connectivity index (χ3v) is 4.83. The van der Waals surface area contributed by atoms with Crippen LogP contribution in [-0.4, -0.2) is 32.0 Å².